The van der Waals surface area contributed by atoms with Crippen molar-refractivity contribution in [3.8, 4) is 5.75 Å². The number of unbranched alkanes of at least 4 members (excludes halogenated alkanes) is 12. The maximum Gasteiger partial charge on any atom is 0.251 e. The van der Waals surface area contributed by atoms with Crippen LogP contribution in [-0.2, 0) is 4.79 Å². The molecule has 1 aliphatic heterocycles. The molecular formula is C45H66N4O3S. The molecule has 8 heteroatoms. The van der Waals surface area contributed by atoms with Gasteiger partial charge in [0.2, 0.25) is 5.91 Å². The lowest BCUT2D eigenvalue weighted by Crippen LogP contribution is -2.46. The van der Waals surface area contributed by atoms with Crippen LogP contribution < -0.4 is 15.2 Å². The van der Waals surface area contributed by atoms with E-state index in [4.69, 9.17) is 4.74 Å². The Morgan fingerprint density at radius 2 is 1.53 bits per heavy atom. The van der Waals surface area contributed by atoms with Crippen molar-refractivity contribution in [2.45, 2.75) is 123 Å². The second-order valence-corrected chi connectivity index (χ2v) is 16.3. The SMILES string of the molecule is CCCCCCCCCCCCCCN(C)C(=O)CCC(C)n1c(=O)ccc2ccc(OCCCCN3CCN(c4cccc5sccc45)CC3)cc21. The molecule has 1 atom stereocenters. The number of pyridine rings is 1. The Morgan fingerprint density at radius 3 is 2.26 bits per heavy atom. The molecule has 290 valence electrons. The van der Waals surface area contributed by atoms with Crippen LogP contribution in [0.4, 0.5) is 5.69 Å². The Balaban J connectivity index is 0.980. The van der Waals surface area contributed by atoms with Gasteiger partial charge < -0.3 is 19.1 Å². The molecule has 0 aliphatic carbocycles. The predicted octanol–water partition coefficient (Wildman–Crippen LogP) is 10.7. The van der Waals surface area contributed by atoms with E-state index < -0.39 is 0 Å². The Kier molecular flexibility index (Phi) is 17.0. The van der Waals surface area contributed by atoms with Crippen molar-refractivity contribution in [1.29, 1.82) is 0 Å². The number of ether oxygens (including phenoxy) is 1. The van der Waals surface area contributed by atoms with Gasteiger partial charge in [0.25, 0.3) is 5.56 Å². The molecule has 7 nitrogen and oxygen atoms in total. The lowest BCUT2D eigenvalue weighted by molar-refractivity contribution is -0.130. The summed E-state index contributed by atoms with van der Waals surface area (Å²) in [5.41, 5.74) is 2.20. The van der Waals surface area contributed by atoms with Crippen LogP contribution in [0, 0.1) is 0 Å². The highest BCUT2D eigenvalue weighted by atomic mass is 32.1. The van der Waals surface area contributed by atoms with Crippen LogP contribution in [0.25, 0.3) is 21.0 Å². The number of nitrogens with zero attached hydrogens (tertiary/aromatic N) is 4. The zero-order valence-electron chi connectivity index (χ0n) is 33.0. The number of piperazine rings is 1. The molecule has 3 heterocycles. The fourth-order valence-electron chi connectivity index (χ4n) is 7.84. The maximum atomic E-state index is 13.1. The molecule has 4 aromatic rings. The first-order valence-corrected chi connectivity index (χ1v) is 21.8. The highest BCUT2D eigenvalue weighted by molar-refractivity contribution is 7.17. The van der Waals surface area contributed by atoms with E-state index in [2.05, 4.69) is 53.3 Å². The van der Waals surface area contributed by atoms with E-state index in [-0.39, 0.29) is 17.5 Å². The van der Waals surface area contributed by atoms with Gasteiger partial charge in [0.1, 0.15) is 5.75 Å². The van der Waals surface area contributed by atoms with Gasteiger partial charge in [-0.1, -0.05) is 83.6 Å². The van der Waals surface area contributed by atoms with Gasteiger partial charge in [-0.25, -0.2) is 0 Å². The second kappa shape index (κ2) is 22.1. The van der Waals surface area contributed by atoms with Crippen molar-refractivity contribution in [1.82, 2.24) is 14.4 Å². The summed E-state index contributed by atoms with van der Waals surface area (Å²) in [6.45, 7) is 11.2. The number of fused-ring (bicyclic) bond motifs is 2. The summed E-state index contributed by atoms with van der Waals surface area (Å²) in [7, 11) is 1.92. The van der Waals surface area contributed by atoms with Crippen molar-refractivity contribution in [3.05, 3.63) is 70.3 Å². The van der Waals surface area contributed by atoms with Gasteiger partial charge in [-0.2, -0.15) is 0 Å². The average Bonchev–Trinajstić information content (AvgIpc) is 3.67. The Hall–Kier alpha value is -3.36. The summed E-state index contributed by atoms with van der Waals surface area (Å²) >= 11 is 1.82. The van der Waals surface area contributed by atoms with Crippen molar-refractivity contribution >= 4 is 43.9 Å². The number of hydrogen-bond donors (Lipinski definition) is 0. The van der Waals surface area contributed by atoms with Gasteiger partial charge in [0.05, 0.1) is 12.1 Å². The van der Waals surface area contributed by atoms with Gasteiger partial charge in [-0.05, 0) is 86.3 Å². The molecule has 53 heavy (non-hydrogen) atoms. The van der Waals surface area contributed by atoms with E-state index in [1.165, 1.54) is 86.4 Å². The van der Waals surface area contributed by atoms with E-state index in [1.54, 1.807) is 6.07 Å². The number of thiophene rings is 1. The Labute approximate surface area is 323 Å². The normalized spacial score (nSPS) is 14.3. The van der Waals surface area contributed by atoms with E-state index in [0.717, 1.165) is 75.2 Å². The van der Waals surface area contributed by atoms with Gasteiger partial charge in [-0.15, -0.1) is 11.3 Å². The molecule has 2 aromatic carbocycles. The predicted molar refractivity (Wildman–Crippen MR) is 226 cm³/mol. The lowest BCUT2D eigenvalue weighted by atomic mass is 10.1. The summed E-state index contributed by atoms with van der Waals surface area (Å²) < 4.78 is 9.42. The van der Waals surface area contributed by atoms with Crippen LogP contribution in [0.5, 0.6) is 5.75 Å². The lowest BCUT2D eigenvalue weighted by Gasteiger charge is -2.36. The molecule has 0 bridgehead atoms. The number of hydrogen-bond acceptors (Lipinski definition) is 6. The van der Waals surface area contributed by atoms with Gasteiger partial charge in [-0.3, -0.25) is 14.5 Å². The zero-order valence-corrected chi connectivity index (χ0v) is 33.9. The quantitative estimate of drug-likeness (QED) is 0.0669. The summed E-state index contributed by atoms with van der Waals surface area (Å²) in [6, 6.07) is 18.4. The molecule has 1 saturated heterocycles. The van der Waals surface area contributed by atoms with Crippen LogP contribution in [-0.4, -0.2) is 73.2 Å². The number of aromatic nitrogens is 1. The van der Waals surface area contributed by atoms with E-state index in [1.807, 2.05) is 52.1 Å². The summed E-state index contributed by atoms with van der Waals surface area (Å²) in [4.78, 5) is 33.1. The van der Waals surface area contributed by atoms with Crippen LogP contribution in [0.3, 0.4) is 0 Å². The fraction of sp³-hybridized carbons (Fsp3) is 0.600. The van der Waals surface area contributed by atoms with Gasteiger partial charge >= 0.3 is 0 Å². The molecular weight excluding hydrogens is 677 g/mol. The van der Waals surface area contributed by atoms with Crippen molar-refractivity contribution < 1.29 is 9.53 Å². The topological polar surface area (TPSA) is 58.0 Å². The number of carbonyl (C=O) groups is 1. The van der Waals surface area contributed by atoms with E-state index in [9.17, 15) is 9.59 Å². The number of amides is 1. The molecule has 5 rings (SSSR count). The largest absolute Gasteiger partial charge is 0.494 e. The molecule has 1 unspecified atom stereocenters. The monoisotopic (exact) mass is 742 g/mol. The highest BCUT2D eigenvalue weighted by Gasteiger charge is 2.19. The van der Waals surface area contributed by atoms with Crippen LogP contribution in [0.2, 0.25) is 0 Å². The first-order chi connectivity index (χ1) is 25.9. The van der Waals surface area contributed by atoms with E-state index in [0.29, 0.717) is 19.4 Å². The first kappa shape index (κ1) is 40.8. The maximum absolute atomic E-state index is 13.1. The van der Waals surface area contributed by atoms with Gasteiger partial charge in [0, 0.05) is 80.1 Å². The molecule has 1 aliphatic rings. The van der Waals surface area contributed by atoms with Crippen molar-refractivity contribution in [3.63, 3.8) is 0 Å². The third-order valence-electron chi connectivity index (χ3n) is 11.2. The van der Waals surface area contributed by atoms with E-state index >= 15 is 0 Å². The van der Waals surface area contributed by atoms with Gasteiger partial charge in [0.15, 0.2) is 0 Å². The number of rotatable bonds is 24. The fourth-order valence-corrected chi connectivity index (χ4v) is 8.65. The van der Waals surface area contributed by atoms with Crippen molar-refractivity contribution in [2.75, 3.05) is 57.8 Å². The molecule has 1 fully saturated rings. The number of benzene rings is 2. The minimum absolute atomic E-state index is 0.0356. The van der Waals surface area contributed by atoms with Crippen LogP contribution in [0.15, 0.2) is 64.8 Å². The number of anilines is 1. The highest BCUT2D eigenvalue weighted by Crippen LogP contribution is 2.31. The molecule has 0 N–H and O–H groups in total. The molecule has 1 amide bonds. The summed E-state index contributed by atoms with van der Waals surface area (Å²) in [5.74, 6) is 0.952. The average molecular weight is 743 g/mol. The minimum atomic E-state index is -0.0934. The number of carbonyl (C=O) groups excluding carboxylic acids is 1. The standard InChI is InChI=1S/C45H66N4O3S/c1-4-5-6-7-8-9-10-11-12-13-14-15-28-46(3)44(50)25-21-37(2)49-42-36-39(24-22-38(42)23-26-45(49)51)52-34-17-16-29-47-30-32-48(33-31-47)41-19-18-20-43-40(41)27-35-53-43/h18-20,22-24,26-27,35-37H,4-17,21,25,28-34H2,1-3H3. The minimum Gasteiger partial charge on any atom is -0.494 e. The molecule has 0 saturated carbocycles. The summed E-state index contributed by atoms with van der Waals surface area (Å²) in [5, 5.41) is 4.57. The Bertz CT molecular complexity index is 1730. The first-order valence-electron chi connectivity index (χ1n) is 20.9. The third kappa shape index (κ3) is 12.6. The van der Waals surface area contributed by atoms with Crippen molar-refractivity contribution in [2.24, 2.45) is 0 Å². The molecule has 0 spiro atoms. The smallest absolute Gasteiger partial charge is 0.251 e. The third-order valence-corrected chi connectivity index (χ3v) is 12.1. The molecule has 2 aromatic heterocycles. The van der Waals surface area contributed by atoms with Crippen LogP contribution >= 0.6 is 11.3 Å². The van der Waals surface area contributed by atoms with Crippen LogP contribution in [0.1, 0.15) is 123 Å². The molecule has 0 radical (unpaired) electrons. The Morgan fingerprint density at radius 1 is 0.830 bits per heavy atom. The second-order valence-electron chi connectivity index (χ2n) is 15.3. The summed E-state index contributed by atoms with van der Waals surface area (Å²) in [6.07, 6.45) is 18.9. The zero-order chi connectivity index (χ0) is 37.3.